The minimum atomic E-state index is 0.638. The van der Waals surface area contributed by atoms with Crippen LogP contribution in [0.3, 0.4) is 0 Å². The maximum atomic E-state index is 5.21. The standard InChI is InChI=1S/C51H30N4S/c1-2-14-33(15-3-1)49-52-50(35-23-22-31-12-4-5-16-34(31)28-35)54-51(53-49)36-24-26-39-41(29-36)45(30-42-38-18-9-11-21-46(38)56-48(39)42)55-43-20-10-8-19-40(43)47-37-17-7-6-13-32(37)25-27-44(47)55/h1-30H. The van der Waals surface area contributed by atoms with Gasteiger partial charge >= 0.3 is 0 Å². The second-order valence-electron chi connectivity index (χ2n) is 14.4. The highest BCUT2D eigenvalue weighted by atomic mass is 32.1. The van der Waals surface area contributed by atoms with E-state index < -0.39 is 0 Å². The first-order valence-corrected chi connectivity index (χ1v) is 19.7. The third kappa shape index (κ3) is 4.75. The maximum absolute atomic E-state index is 5.21. The average Bonchev–Trinajstić information content (AvgIpc) is 3.82. The molecule has 0 bridgehead atoms. The Morgan fingerprint density at radius 1 is 0.357 bits per heavy atom. The molecule has 4 nitrogen and oxygen atoms in total. The summed E-state index contributed by atoms with van der Waals surface area (Å²) >= 11 is 1.86. The number of nitrogens with zero attached hydrogens (tertiary/aromatic N) is 4. The van der Waals surface area contributed by atoms with E-state index in [-0.39, 0.29) is 0 Å². The van der Waals surface area contributed by atoms with Gasteiger partial charge in [0.25, 0.3) is 0 Å². The van der Waals surface area contributed by atoms with Gasteiger partial charge in [-0.3, -0.25) is 0 Å². The van der Waals surface area contributed by atoms with E-state index >= 15 is 0 Å². The summed E-state index contributed by atoms with van der Waals surface area (Å²) in [4.78, 5) is 15.4. The molecule has 0 radical (unpaired) electrons. The molecule has 0 aliphatic carbocycles. The molecule has 0 aliphatic heterocycles. The molecule has 0 saturated heterocycles. The summed E-state index contributed by atoms with van der Waals surface area (Å²) in [5, 5.41) is 12.2. The van der Waals surface area contributed by atoms with Crippen LogP contribution < -0.4 is 0 Å². The molecule has 260 valence electrons. The van der Waals surface area contributed by atoms with Crippen molar-refractivity contribution in [1.29, 1.82) is 0 Å². The quantitative estimate of drug-likeness (QED) is 0.181. The summed E-state index contributed by atoms with van der Waals surface area (Å²) in [5.74, 6) is 1.93. The molecule has 5 heteroatoms. The van der Waals surface area contributed by atoms with Crippen LogP contribution in [0.2, 0.25) is 0 Å². The molecule has 0 amide bonds. The Bertz CT molecular complexity index is 3540. The Morgan fingerprint density at radius 2 is 0.982 bits per heavy atom. The van der Waals surface area contributed by atoms with Crippen molar-refractivity contribution in [3.8, 4) is 39.9 Å². The number of rotatable bonds is 4. The van der Waals surface area contributed by atoms with Crippen LogP contribution in [0.15, 0.2) is 182 Å². The van der Waals surface area contributed by atoms with Crippen molar-refractivity contribution in [2.45, 2.75) is 0 Å². The van der Waals surface area contributed by atoms with Gasteiger partial charge in [0.1, 0.15) is 0 Å². The van der Waals surface area contributed by atoms with Gasteiger partial charge in [-0.05, 0) is 57.9 Å². The molecule has 3 heterocycles. The average molecular weight is 731 g/mol. The van der Waals surface area contributed by atoms with Crippen LogP contribution in [-0.4, -0.2) is 19.5 Å². The van der Waals surface area contributed by atoms with Crippen molar-refractivity contribution in [1.82, 2.24) is 19.5 Å². The van der Waals surface area contributed by atoms with Crippen LogP contribution in [0.1, 0.15) is 0 Å². The highest BCUT2D eigenvalue weighted by Gasteiger charge is 2.21. The molecule has 12 rings (SSSR count). The van der Waals surface area contributed by atoms with E-state index in [4.69, 9.17) is 15.0 Å². The van der Waals surface area contributed by atoms with Crippen molar-refractivity contribution in [2.75, 3.05) is 0 Å². The van der Waals surface area contributed by atoms with Crippen molar-refractivity contribution in [3.05, 3.63) is 182 Å². The van der Waals surface area contributed by atoms with Crippen LogP contribution in [0, 0.1) is 0 Å². The normalized spacial score (nSPS) is 11.9. The van der Waals surface area contributed by atoms with Gasteiger partial charge in [0, 0.05) is 58.4 Å². The zero-order valence-corrected chi connectivity index (χ0v) is 30.8. The lowest BCUT2D eigenvalue weighted by Gasteiger charge is -2.15. The molecule has 0 atom stereocenters. The van der Waals surface area contributed by atoms with Crippen LogP contribution >= 0.6 is 11.3 Å². The Morgan fingerprint density at radius 3 is 1.82 bits per heavy atom. The van der Waals surface area contributed by atoms with E-state index in [1.807, 2.05) is 29.5 Å². The fraction of sp³-hybridized carbons (Fsp3) is 0. The third-order valence-corrected chi connectivity index (χ3v) is 12.4. The van der Waals surface area contributed by atoms with E-state index in [9.17, 15) is 0 Å². The molecule has 0 aliphatic rings. The first-order chi connectivity index (χ1) is 27.7. The predicted octanol–water partition coefficient (Wildman–Crippen LogP) is 13.8. The highest BCUT2D eigenvalue weighted by Crippen LogP contribution is 2.45. The lowest BCUT2D eigenvalue weighted by Crippen LogP contribution is -2.01. The Hall–Kier alpha value is -7.21. The Labute approximate surface area is 325 Å². The number of para-hydroxylation sites is 1. The lowest BCUT2D eigenvalue weighted by molar-refractivity contribution is 1.07. The van der Waals surface area contributed by atoms with Gasteiger partial charge in [0.05, 0.1) is 16.7 Å². The lowest BCUT2D eigenvalue weighted by atomic mass is 10.0. The van der Waals surface area contributed by atoms with Gasteiger partial charge in [0.15, 0.2) is 17.5 Å². The van der Waals surface area contributed by atoms with Gasteiger partial charge in [-0.1, -0.05) is 146 Å². The van der Waals surface area contributed by atoms with Gasteiger partial charge in [-0.2, -0.15) is 0 Å². The largest absolute Gasteiger partial charge is 0.309 e. The van der Waals surface area contributed by atoms with Crippen molar-refractivity contribution in [2.24, 2.45) is 0 Å². The number of hydrogen-bond acceptors (Lipinski definition) is 4. The molecular weight excluding hydrogens is 701 g/mol. The molecule has 0 N–H and O–H groups in total. The van der Waals surface area contributed by atoms with Crippen molar-refractivity contribution < 1.29 is 0 Å². The molecule has 56 heavy (non-hydrogen) atoms. The minimum Gasteiger partial charge on any atom is -0.309 e. The summed E-state index contributed by atoms with van der Waals surface area (Å²) in [6.45, 7) is 0. The summed E-state index contributed by atoms with van der Waals surface area (Å²) in [6.07, 6.45) is 0. The SMILES string of the molecule is c1ccc(-c2nc(-c3ccc4ccccc4c3)nc(-c3ccc4c(c3)c(-n3c5ccccc5c5c6ccccc6ccc53)cc3c5ccccc5sc43)n2)cc1. The van der Waals surface area contributed by atoms with Crippen LogP contribution in [-0.2, 0) is 0 Å². The van der Waals surface area contributed by atoms with Gasteiger partial charge in [-0.15, -0.1) is 11.3 Å². The van der Waals surface area contributed by atoms with Crippen molar-refractivity contribution in [3.63, 3.8) is 0 Å². The van der Waals surface area contributed by atoms with Crippen LogP contribution in [0.4, 0.5) is 0 Å². The second kappa shape index (κ2) is 12.2. The van der Waals surface area contributed by atoms with E-state index in [0.717, 1.165) is 33.2 Å². The number of hydrogen-bond donors (Lipinski definition) is 0. The first kappa shape index (κ1) is 31.2. The molecule has 12 aromatic rings. The van der Waals surface area contributed by atoms with E-state index in [0.29, 0.717) is 17.5 Å². The molecular formula is C51H30N4S. The second-order valence-corrected chi connectivity index (χ2v) is 15.5. The summed E-state index contributed by atoms with van der Waals surface area (Å²) in [5.41, 5.74) is 6.33. The summed E-state index contributed by atoms with van der Waals surface area (Å²) in [7, 11) is 0. The third-order valence-electron chi connectivity index (χ3n) is 11.2. The Kier molecular flexibility index (Phi) is 6.76. The number of fused-ring (bicyclic) bond motifs is 11. The van der Waals surface area contributed by atoms with Crippen LogP contribution in [0.25, 0.3) is 114 Å². The Balaban J connectivity index is 1.17. The monoisotopic (exact) mass is 730 g/mol. The predicted molar refractivity (Wildman–Crippen MR) is 236 cm³/mol. The van der Waals surface area contributed by atoms with E-state index in [1.165, 1.54) is 63.5 Å². The molecule has 0 fully saturated rings. The van der Waals surface area contributed by atoms with Crippen molar-refractivity contribution >= 4 is 85.6 Å². The maximum Gasteiger partial charge on any atom is 0.164 e. The zero-order valence-electron chi connectivity index (χ0n) is 30.0. The first-order valence-electron chi connectivity index (χ1n) is 18.9. The van der Waals surface area contributed by atoms with Crippen LogP contribution in [0.5, 0.6) is 0 Å². The minimum absolute atomic E-state index is 0.638. The van der Waals surface area contributed by atoms with Gasteiger partial charge in [0.2, 0.25) is 0 Å². The number of benzene rings is 9. The van der Waals surface area contributed by atoms with Gasteiger partial charge in [-0.25, -0.2) is 15.0 Å². The fourth-order valence-electron chi connectivity index (χ4n) is 8.58. The highest BCUT2D eigenvalue weighted by molar-refractivity contribution is 7.26. The van der Waals surface area contributed by atoms with E-state index in [1.54, 1.807) is 0 Å². The zero-order chi connectivity index (χ0) is 36.7. The molecule has 0 unspecified atom stereocenters. The summed E-state index contributed by atoms with van der Waals surface area (Å²) in [6, 6.07) is 65.0. The molecule has 0 saturated carbocycles. The van der Waals surface area contributed by atoms with E-state index in [2.05, 4.69) is 168 Å². The fourth-order valence-corrected chi connectivity index (χ4v) is 9.80. The molecule has 0 spiro atoms. The smallest absolute Gasteiger partial charge is 0.164 e. The topological polar surface area (TPSA) is 43.6 Å². The van der Waals surface area contributed by atoms with Gasteiger partial charge < -0.3 is 4.57 Å². The molecule has 9 aromatic carbocycles. The molecule has 3 aromatic heterocycles. The summed E-state index contributed by atoms with van der Waals surface area (Å²) < 4.78 is 5.03. The number of aromatic nitrogens is 4. The number of thiophene rings is 1.